The molecule has 3 aromatic rings. The van der Waals surface area contributed by atoms with Gasteiger partial charge in [-0.15, -0.1) is 0 Å². The van der Waals surface area contributed by atoms with Crippen LogP contribution in [0.25, 0.3) is 17.0 Å². The minimum Gasteiger partial charge on any atom is -0.454 e. The van der Waals surface area contributed by atoms with Crippen molar-refractivity contribution in [1.82, 2.24) is 0 Å². The molecule has 2 heterocycles. The van der Waals surface area contributed by atoms with E-state index < -0.39 is 0 Å². The number of fused-ring (bicyclic) bond motifs is 2. The molecule has 4 rings (SSSR count). The van der Waals surface area contributed by atoms with Crippen molar-refractivity contribution >= 4 is 22.8 Å². The lowest BCUT2D eigenvalue weighted by molar-refractivity contribution is 0.102. The van der Waals surface area contributed by atoms with Crippen LogP contribution in [-0.4, -0.2) is 12.6 Å². The highest BCUT2D eigenvalue weighted by molar-refractivity contribution is 6.07. The van der Waals surface area contributed by atoms with E-state index in [0.29, 0.717) is 22.8 Å². The molecule has 2 aromatic carbocycles. The predicted octanol–water partition coefficient (Wildman–Crippen LogP) is 4.06. The normalized spacial score (nSPS) is 13.1. The number of rotatable bonds is 3. The Morgan fingerprint density at radius 2 is 1.95 bits per heavy atom. The monoisotopic (exact) mass is 292 g/mol. The molecule has 0 bridgehead atoms. The highest BCUT2D eigenvalue weighted by Gasteiger charge is 2.16. The Balaban J connectivity index is 1.63. The number of hydrogen-bond donors (Lipinski definition) is 0. The van der Waals surface area contributed by atoms with Crippen LogP contribution < -0.4 is 9.47 Å². The van der Waals surface area contributed by atoms with Gasteiger partial charge in [-0.3, -0.25) is 4.79 Å². The second-order valence-corrected chi connectivity index (χ2v) is 4.93. The molecule has 0 saturated heterocycles. The first-order valence-electron chi connectivity index (χ1n) is 6.91. The fourth-order valence-electron chi connectivity index (χ4n) is 2.43. The number of benzene rings is 2. The first-order chi connectivity index (χ1) is 10.8. The van der Waals surface area contributed by atoms with Gasteiger partial charge in [0, 0.05) is 10.9 Å². The fraction of sp³-hybridized carbons (Fsp3) is 0.0556. The minimum absolute atomic E-state index is 0.187. The van der Waals surface area contributed by atoms with Crippen molar-refractivity contribution in [3.05, 3.63) is 65.9 Å². The topological polar surface area (TPSA) is 48.7 Å². The zero-order valence-corrected chi connectivity index (χ0v) is 11.6. The Morgan fingerprint density at radius 3 is 2.86 bits per heavy atom. The summed E-state index contributed by atoms with van der Waals surface area (Å²) in [7, 11) is 0. The highest BCUT2D eigenvalue weighted by Crippen LogP contribution is 2.36. The third-order valence-electron chi connectivity index (χ3n) is 3.51. The van der Waals surface area contributed by atoms with Crippen LogP contribution in [0.4, 0.5) is 0 Å². The number of ether oxygens (including phenoxy) is 2. The summed E-state index contributed by atoms with van der Waals surface area (Å²) in [5.74, 6) is 1.49. The summed E-state index contributed by atoms with van der Waals surface area (Å²) in [4.78, 5) is 12.2. The van der Waals surface area contributed by atoms with Gasteiger partial charge in [0.05, 0.1) is 0 Å². The molecule has 4 heteroatoms. The Morgan fingerprint density at radius 1 is 1.05 bits per heavy atom. The molecule has 1 aliphatic rings. The van der Waals surface area contributed by atoms with Crippen molar-refractivity contribution in [2.45, 2.75) is 0 Å². The average molecular weight is 292 g/mol. The van der Waals surface area contributed by atoms with E-state index in [0.717, 1.165) is 10.9 Å². The Bertz CT molecular complexity index is 856. The van der Waals surface area contributed by atoms with Gasteiger partial charge >= 0.3 is 0 Å². The third-order valence-corrected chi connectivity index (χ3v) is 3.51. The maximum absolute atomic E-state index is 12.2. The van der Waals surface area contributed by atoms with Crippen LogP contribution in [0.5, 0.6) is 11.5 Å². The summed E-state index contributed by atoms with van der Waals surface area (Å²) in [6, 6.07) is 14.8. The molecule has 1 aromatic heterocycles. The van der Waals surface area contributed by atoms with Crippen LogP contribution in [0.1, 0.15) is 16.1 Å². The van der Waals surface area contributed by atoms with E-state index in [1.807, 2.05) is 42.5 Å². The van der Waals surface area contributed by atoms with Crippen LogP contribution in [-0.2, 0) is 0 Å². The molecular weight excluding hydrogens is 280 g/mol. The fourth-order valence-corrected chi connectivity index (χ4v) is 2.43. The van der Waals surface area contributed by atoms with Gasteiger partial charge in [-0.25, -0.2) is 0 Å². The quantitative estimate of drug-likeness (QED) is 0.539. The second kappa shape index (κ2) is 5.07. The van der Waals surface area contributed by atoms with Gasteiger partial charge in [0.25, 0.3) is 0 Å². The number of furan rings is 1. The number of carbonyl (C=O) groups excluding carboxylic acids is 1. The Kier molecular flexibility index (Phi) is 2.93. The molecular formula is C18H12O4. The maximum atomic E-state index is 12.2. The molecule has 0 N–H and O–H groups in total. The van der Waals surface area contributed by atoms with Crippen LogP contribution in [0, 0.1) is 0 Å². The van der Waals surface area contributed by atoms with E-state index in [-0.39, 0.29) is 12.6 Å². The molecule has 0 fully saturated rings. The smallest absolute Gasteiger partial charge is 0.231 e. The molecule has 0 radical (unpaired) electrons. The van der Waals surface area contributed by atoms with Crippen LogP contribution in [0.3, 0.4) is 0 Å². The van der Waals surface area contributed by atoms with E-state index in [9.17, 15) is 4.79 Å². The van der Waals surface area contributed by atoms with Crippen LogP contribution in [0.2, 0.25) is 0 Å². The van der Waals surface area contributed by atoms with Crippen molar-refractivity contribution < 1.29 is 18.7 Å². The van der Waals surface area contributed by atoms with E-state index in [1.54, 1.807) is 12.1 Å². The lowest BCUT2D eigenvalue weighted by Crippen LogP contribution is -1.94. The molecule has 0 spiro atoms. The van der Waals surface area contributed by atoms with Crippen molar-refractivity contribution in [3.8, 4) is 11.5 Å². The molecule has 0 amide bonds. The van der Waals surface area contributed by atoms with Crippen molar-refractivity contribution in [2.75, 3.05) is 6.79 Å². The molecule has 22 heavy (non-hydrogen) atoms. The van der Waals surface area contributed by atoms with Gasteiger partial charge < -0.3 is 13.9 Å². The molecule has 0 unspecified atom stereocenters. The predicted molar refractivity (Wildman–Crippen MR) is 82.1 cm³/mol. The van der Waals surface area contributed by atoms with Gasteiger partial charge in [0.1, 0.15) is 5.58 Å². The first-order valence-corrected chi connectivity index (χ1v) is 6.91. The largest absolute Gasteiger partial charge is 0.454 e. The standard InChI is InChI=1S/C18H12O4/c19-14(17-10-13-4-1-2-6-15(13)22-17)9-8-12-5-3-7-16-18(12)21-11-20-16/h1-10H,11H2/b9-8+. The molecule has 0 aliphatic carbocycles. The zero-order valence-electron chi connectivity index (χ0n) is 11.6. The number of allylic oxidation sites excluding steroid dienone is 1. The first kappa shape index (κ1) is 12.7. The zero-order chi connectivity index (χ0) is 14.9. The van der Waals surface area contributed by atoms with E-state index in [4.69, 9.17) is 13.9 Å². The van der Waals surface area contributed by atoms with Crippen LogP contribution >= 0.6 is 0 Å². The number of para-hydroxylation sites is 2. The summed E-state index contributed by atoms with van der Waals surface area (Å²) in [6.45, 7) is 0.206. The van der Waals surface area contributed by atoms with E-state index >= 15 is 0 Å². The van der Waals surface area contributed by atoms with Crippen molar-refractivity contribution in [2.24, 2.45) is 0 Å². The molecule has 4 nitrogen and oxygen atoms in total. The minimum atomic E-state index is -0.187. The molecule has 1 aliphatic heterocycles. The van der Waals surface area contributed by atoms with E-state index in [1.165, 1.54) is 6.08 Å². The molecule has 0 saturated carbocycles. The summed E-state index contributed by atoms with van der Waals surface area (Å²) in [6.07, 6.45) is 3.19. The number of ketones is 1. The second-order valence-electron chi connectivity index (χ2n) is 4.93. The van der Waals surface area contributed by atoms with Gasteiger partial charge in [0.2, 0.25) is 12.6 Å². The molecule has 108 valence electrons. The number of hydrogen-bond acceptors (Lipinski definition) is 4. The van der Waals surface area contributed by atoms with Crippen molar-refractivity contribution in [1.29, 1.82) is 0 Å². The maximum Gasteiger partial charge on any atom is 0.231 e. The van der Waals surface area contributed by atoms with E-state index in [2.05, 4.69) is 0 Å². The summed E-state index contributed by atoms with van der Waals surface area (Å²) < 4.78 is 16.3. The van der Waals surface area contributed by atoms with Gasteiger partial charge in [0.15, 0.2) is 17.3 Å². The van der Waals surface area contributed by atoms with Gasteiger partial charge in [-0.1, -0.05) is 30.3 Å². The summed E-state index contributed by atoms with van der Waals surface area (Å²) in [5, 5.41) is 0.914. The molecule has 0 atom stereocenters. The summed E-state index contributed by atoms with van der Waals surface area (Å²) >= 11 is 0. The highest BCUT2D eigenvalue weighted by atomic mass is 16.7. The summed E-state index contributed by atoms with van der Waals surface area (Å²) in [5.41, 5.74) is 1.51. The Hall–Kier alpha value is -3.01. The Labute approximate surface area is 126 Å². The van der Waals surface area contributed by atoms with Crippen molar-refractivity contribution in [3.63, 3.8) is 0 Å². The lowest BCUT2D eigenvalue weighted by Gasteiger charge is -1.99. The third kappa shape index (κ3) is 2.15. The van der Waals surface area contributed by atoms with Crippen LogP contribution in [0.15, 0.2) is 59.0 Å². The van der Waals surface area contributed by atoms with Gasteiger partial charge in [-0.2, -0.15) is 0 Å². The number of carbonyl (C=O) groups is 1. The average Bonchev–Trinajstić information content (AvgIpc) is 3.18. The SMILES string of the molecule is O=C(/C=C/c1cccc2c1OCO2)c1cc2ccccc2o1. The lowest BCUT2D eigenvalue weighted by atomic mass is 10.1. The van der Waals surface area contributed by atoms with Gasteiger partial charge in [-0.05, 0) is 30.4 Å².